The molecule has 0 radical (unpaired) electrons. The number of rotatable bonds is 2. The molecule has 0 saturated carbocycles. The molecule has 9 nitrogen and oxygen atoms in total. The molecule has 9 heteroatoms. The van der Waals surface area contributed by atoms with Gasteiger partial charge in [0.25, 0.3) is 11.8 Å². The van der Waals surface area contributed by atoms with Crippen molar-refractivity contribution in [2.75, 3.05) is 5.32 Å². The zero-order chi connectivity index (χ0) is 23.0. The second-order valence-corrected chi connectivity index (χ2v) is 8.21. The van der Waals surface area contributed by atoms with E-state index in [-0.39, 0.29) is 23.8 Å². The molecule has 0 aliphatic carbocycles. The van der Waals surface area contributed by atoms with Gasteiger partial charge in [0.2, 0.25) is 5.91 Å². The fraction of sp³-hybridized carbons (Fsp3) is 0.261. The summed E-state index contributed by atoms with van der Waals surface area (Å²) in [6.45, 7) is 3.50. The minimum Gasteiger partial charge on any atom is -0.599 e. The molecular weight excluding hydrogens is 412 g/mol. The number of quaternary nitrogens is 1. The molecule has 0 saturated heterocycles. The van der Waals surface area contributed by atoms with Crippen LogP contribution in [0.4, 0.5) is 5.69 Å². The number of anilines is 1. The molecule has 1 aromatic heterocycles. The predicted molar refractivity (Wildman–Crippen MR) is 117 cm³/mol. The average molecular weight is 436 g/mol. The van der Waals surface area contributed by atoms with E-state index in [4.69, 9.17) is 0 Å². The first-order valence-electron chi connectivity index (χ1n) is 10.3. The van der Waals surface area contributed by atoms with Crippen LogP contribution in [0.2, 0.25) is 0 Å². The van der Waals surface area contributed by atoms with Crippen LogP contribution in [0, 0.1) is 11.1 Å². The van der Waals surface area contributed by atoms with Crippen LogP contribution in [0.25, 0.3) is 10.9 Å². The smallest absolute Gasteiger partial charge is 0.282 e. The Bertz CT molecular complexity index is 1200. The first kappa shape index (κ1) is 21.7. The van der Waals surface area contributed by atoms with Gasteiger partial charge in [0.1, 0.15) is 6.04 Å². The number of hydrogen-bond donors (Lipinski definition) is 4. The van der Waals surface area contributed by atoms with Crippen LogP contribution in [0.3, 0.4) is 0 Å². The molecule has 2 heterocycles. The van der Waals surface area contributed by atoms with Crippen molar-refractivity contribution in [2.24, 2.45) is 5.92 Å². The maximum absolute atomic E-state index is 13.5. The van der Waals surface area contributed by atoms with E-state index >= 15 is 0 Å². The Hall–Kier alpha value is -3.53. The molecule has 0 fully saturated rings. The number of hydroxylamine groups is 2. The predicted octanol–water partition coefficient (Wildman–Crippen LogP) is 1.11. The van der Waals surface area contributed by atoms with Crippen LogP contribution in [-0.2, 0) is 16.0 Å². The summed E-state index contributed by atoms with van der Waals surface area (Å²) >= 11 is 0. The van der Waals surface area contributed by atoms with Gasteiger partial charge in [-0.2, -0.15) is 0 Å². The van der Waals surface area contributed by atoms with E-state index in [1.54, 1.807) is 68.6 Å². The van der Waals surface area contributed by atoms with Gasteiger partial charge in [-0.05, 0) is 29.7 Å². The second kappa shape index (κ2) is 8.54. The molecular formula is C23H24N4O5. The van der Waals surface area contributed by atoms with Crippen LogP contribution in [0.1, 0.15) is 29.8 Å². The van der Waals surface area contributed by atoms with Gasteiger partial charge in [-0.25, -0.2) is 10.4 Å². The fourth-order valence-corrected chi connectivity index (χ4v) is 4.00. The largest absolute Gasteiger partial charge is 0.599 e. The van der Waals surface area contributed by atoms with Gasteiger partial charge in [-0.3, -0.25) is 19.0 Å². The number of carbonyl (C=O) groups excluding carboxylic acids is 3. The molecule has 0 spiro atoms. The Morgan fingerprint density at radius 1 is 1.06 bits per heavy atom. The molecule has 4 rings (SSSR count). The van der Waals surface area contributed by atoms with Crippen molar-refractivity contribution in [3.8, 4) is 0 Å². The van der Waals surface area contributed by atoms with Crippen molar-refractivity contribution in [2.45, 2.75) is 32.4 Å². The van der Waals surface area contributed by atoms with Crippen molar-refractivity contribution in [3.63, 3.8) is 0 Å². The van der Waals surface area contributed by atoms with Gasteiger partial charge >= 0.3 is 0 Å². The Labute approximate surface area is 184 Å². The topological polar surface area (TPSA) is 128 Å². The van der Waals surface area contributed by atoms with Crippen molar-refractivity contribution in [1.29, 1.82) is 0 Å². The number of aromatic nitrogens is 1. The number of nitrogens with zero attached hydrogens (tertiary/aromatic N) is 1. The summed E-state index contributed by atoms with van der Waals surface area (Å²) in [6, 6.07) is 11.4. The lowest BCUT2D eigenvalue weighted by atomic mass is 10.0. The number of para-hydroxylation sites is 2. The summed E-state index contributed by atoms with van der Waals surface area (Å²) in [5.41, 5.74) is 1.76. The molecule has 3 aromatic rings. The summed E-state index contributed by atoms with van der Waals surface area (Å²) < 4.78 is 1.43. The lowest BCUT2D eigenvalue weighted by molar-refractivity contribution is -1.06. The van der Waals surface area contributed by atoms with Crippen molar-refractivity contribution in [3.05, 3.63) is 71.1 Å². The Balaban J connectivity index is 1.93. The van der Waals surface area contributed by atoms with Gasteiger partial charge in [-0.1, -0.05) is 44.2 Å². The monoisotopic (exact) mass is 436 g/mol. The van der Waals surface area contributed by atoms with E-state index in [0.717, 1.165) is 0 Å². The van der Waals surface area contributed by atoms with E-state index in [1.807, 2.05) is 0 Å². The van der Waals surface area contributed by atoms with Gasteiger partial charge in [0, 0.05) is 18.0 Å². The molecule has 3 atom stereocenters. The molecule has 4 N–H and O–H groups in total. The first-order chi connectivity index (χ1) is 15.3. The minimum atomic E-state index is -1.42. The van der Waals surface area contributed by atoms with Crippen molar-refractivity contribution in [1.82, 2.24) is 9.88 Å². The minimum absolute atomic E-state index is 0.115. The summed E-state index contributed by atoms with van der Waals surface area (Å²) in [4.78, 5) is 39.4. The fourth-order valence-electron chi connectivity index (χ4n) is 4.00. The highest BCUT2D eigenvalue weighted by molar-refractivity contribution is 6.09. The number of fused-ring (bicyclic) bond motifs is 6. The van der Waals surface area contributed by atoms with E-state index in [0.29, 0.717) is 22.2 Å². The van der Waals surface area contributed by atoms with Crippen LogP contribution in [-0.4, -0.2) is 39.6 Å². The van der Waals surface area contributed by atoms with Crippen LogP contribution in [0.5, 0.6) is 0 Å². The van der Waals surface area contributed by atoms with Gasteiger partial charge in [0.15, 0.2) is 6.04 Å². The normalized spacial score (nSPS) is 20.6. The lowest BCUT2D eigenvalue weighted by Crippen LogP contribution is -3.11. The maximum atomic E-state index is 13.5. The Morgan fingerprint density at radius 2 is 1.75 bits per heavy atom. The lowest BCUT2D eigenvalue weighted by Gasteiger charge is -2.27. The Morgan fingerprint density at radius 3 is 2.47 bits per heavy atom. The molecule has 2 bridgehead atoms. The van der Waals surface area contributed by atoms with E-state index in [9.17, 15) is 24.8 Å². The zero-order valence-electron chi connectivity index (χ0n) is 17.7. The zero-order valence-corrected chi connectivity index (χ0v) is 17.7. The van der Waals surface area contributed by atoms with E-state index in [1.165, 1.54) is 4.57 Å². The van der Waals surface area contributed by atoms with E-state index in [2.05, 4.69) is 10.6 Å². The van der Waals surface area contributed by atoms with E-state index < -0.39 is 29.1 Å². The molecule has 1 aliphatic heterocycles. The number of hydrogen-bond acceptors (Lipinski definition) is 5. The molecule has 32 heavy (non-hydrogen) atoms. The Kier molecular flexibility index (Phi) is 5.79. The average Bonchev–Trinajstić information content (AvgIpc) is 3.13. The summed E-state index contributed by atoms with van der Waals surface area (Å²) in [5, 5.41) is 26.5. The standard InChI is InChI=1S/C23H24N4O5/c1-13(2)20-22(29)24-17-9-5-3-8-16(17)23(30)26-12-14(15-7-4-6-10-18(15)26)11-19(27(31)32)21(28)25-20/h3-10,12-13,19-20,27,31H,11H2,1-2H3,(H,24,29)(H,25,28)/t19-,20-/m0/s1. The molecule has 1 unspecified atom stereocenters. The first-order valence-corrected chi connectivity index (χ1v) is 10.3. The molecule has 2 aromatic carbocycles. The van der Waals surface area contributed by atoms with Gasteiger partial charge < -0.3 is 15.8 Å². The number of nitrogens with one attached hydrogen (secondary N) is 3. The highest BCUT2D eigenvalue weighted by Crippen LogP contribution is 2.26. The van der Waals surface area contributed by atoms with Crippen molar-refractivity contribution >= 4 is 34.3 Å². The van der Waals surface area contributed by atoms with Crippen LogP contribution >= 0.6 is 0 Å². The number of amides is 2. The van der Waals surface area contributed by atoms with Gasteiger partial charge in [-0.15, -0.1) is 0 Å². The quantitative estimate of drug-likeness (QED) is 0.448. The number of benzene rings is 2. The van der Waals surface area contributed by atoms with Crippen LogP contribution in [0.15, 0.2) is 54.7 Å². The summed E-state index contributed by atoms with van der Waals surface area (Å²) in [6.07, 6.45) is 1.46. The third-order valence-electron chi connectivity index (χ3n) is 5.71. The summed E-state index contributed by atoms with van der Waals surface area (Å²) in [7, 11) is 0. The second-order valence-electron chi connectivity index (χ2n) is 8.21. The third kappa shape index (κ3) is 3.89. The van der Waals surface area contributed by atoms with Gasteiger partial charge in [0.05, 0.1) is 16.8 Å². The molecule has 2 amide bonds. The third-order valence-corrected chi connectivity index (χ3v) is 5.71. The molecule has 166 valence electrons. The molecule has 1 aliphatic rings. The number of carbonyl (C=O) groups is 3. The van der Waals surface area contributed by atoms with Crippen LogP contribution < -0.4 is 15.9 Å². The maximum Gasteiger partial charge on any atom is 0.282 e. The highest BCUT2D eigenvalue weighted by atomic mass is 16.8. The highest BCUT2D eigenvalue weighted by Gasteiger charge is 2.33. The summed E-state index contributed by atoms with van der Waals surface area (Å²) in [5.74, 6) is -1.94. The van der Waals surface area contributed by atoms with Crippen molar-refractivity contribution < 1.29 is 24.8 Å². The SMILES string of the molecule is CC(C)[C@@H]1NC(=O)[C@@H]([NH+]([O-])O)Cc2cn(c3ccccc23)C(=O)c2ccccc2NC1=O.